The van der Waals surface area contributed by atoms with Crippen LogP contribution in [-0.2, 0) is 0 Å². The van der Waals surface area contributed by atoms with Gasteiger partial charge in [0.2, 0.25) is 11.6 Å². The zero-order valence-corrected chi connectivity index (χ0v) is 18.6. The van der Waals surface area contributed by atoms with Gasteiger partial charge in [-0.1, -0.05) is 18.2 Å². The largest absolute Gasteiger partial charge is 0.438 e. The minimum absolute atomic E-state index is 0.303. The van der Waals surface area contributed by atoms with E-state index in [1.54, 1.807) is 30.3 Å². The first kappa shape index (κ1) is 20.6. The molecule has 34 heavy (non-hydrogen) atoms. The number of nitrogens with zero attached hydrogens (tertiary/aromatic N) is 4. The minimum atomic E-state index is -0.541. The van der Waals surface area contributed by atoms with Crippen LogP contribution in [0.4, 0.5) is 4.39 Å². The van der Waals surface area contributed by atoms with E-state index in [-0.39, 0.29) is 5.82 Å². The van der Waals surface area contributed by atoms with E-state index in [4.69, 9.17) is 15.2 Å². The topological polar surface area (TPSA) is 99.8 Å². The number of halogens is 1. The second kappa shape index (κ2) is 8.11. The van der Waals surface area contributed by atoms with Crippen molar-refractivity contribution in [3.8, 4) is 33.8 Å². The number of carbonyl (C=O) groups excluding carboxylic acids is 1. The summed E-state index contributed by atoms with van der Waals surface area (Å²) in [5.74, 6) is 1.60. The second-order valence-electron chi connectivity index (χ2n) is 8.03. The van der Waals surface area contributed by atoms with Crippen molar-refractivity contribution < 1.29 is 13.6 Å². The average Bonchev–Trinajstić information content (AvgIpc) is 3.43. The van der Waals surface area contributed by atoms with E-state index in [2.05, 4.69) is 9.97 Å². The number of amides is 1. The number of hydrogen-bond acceptors (Lipinski definition) is 6. The van der Waals surface area contributed by atoms with Gasteiger partial charge >= 0.3 is 0 Å². The maximum Gasteiger partial charge on any atom is 0.249 e. The molecule has 5 aromatic rings. The molecule has 1 fully saturated rings. The number of carbonyl (C=O) groups is 1. The van der Waals surface area contributed by atoms with Gasteiger partial charge in [-0.3, -0.25) is 9.48 Å². The van der Waals surface area contributed by atoms with Gasteiger partial charge in [-0.2, -0.15) is 16.9 Å². The first-order chi connectivity index (χ1) is 16.6. The standard InChI is InChI=1S/C25H18FN5O2S/c26-15-7-5-14(6-8-15)22-20(10-31(30-22)16-11-34-12-16)23-19-9-21(33-25(19)29-13-28-23)17-3-1-2-4-18(17)24(27)32/h1-10,13,16H,11-12H2,(H2,27,32). The molecule has 2 N–H and O–H groups in total. The fraction of sp³-hybridized carbons (Fsp3) is 0.120. The van der Waals surface area contributed by atoms with Crippen LogP contribution in [0.15, 0.2) is 71.5 Å². The third-order valence-corrected chi connectivity index (χ3v) is 7.13. The summed E-state index contributed by atoms with van der Waals surface area (Å²) < 4.78 is 21.6. The molecule has 0 bridgehead atoms. The lowest BCUT2D eigenvalue weighted by Gasteiger charge is -2.24. The van der Waals surface area contributed by atoms with E-state index in [1.165, 1.54) is 18.5 Å². The Hall–Kier alpha value is -3.98. The highest BCUT2D eigenvalue weighted by molar-refractivity contribution is 8.00. The van der Waals surface area contributed by atoms with Gasteiger partial charge in [0.25, 0.3) is 0 Å². The van der Waals surface area contributed by atoms with Gasteiger partial charge in [-0.25, -0.2) is 14.4 Å². The Kier molecular flexibility index (Phi) is 4.91. The Morgan fingerprint density at radius 3 is 2.59 bits per heavy atom. The van der Waals surface area contributed by atoms with Crippen molar-refractivity contribution >= 4 is 28.8 Å². The Labute approximate surface area is 197 Å². The van der Waals surface area contributed by atoms with Crippen molar-refractivity contribution in [3.63, 3.8) is 0 Å². The Morgan fingerprint density at radius 2 is 1.85 bits per heavy atom. The summed E-state index contributed by atoms with van der Waals surface area (Å²) in [6.45, 7) is 0. The summed E-state index contributed by atoms with van der Waals surface area (Å²) in [6.07, 6.45) is 3.42. The SMILES string of the molecule is NC(=O)c1ccccc1-c1cc2c(-c3cn(C4CSC4)nc3-c3ccc(F)cc3)ncnc2o1. The summed E-state index contributed by atoms with van der Waals surface area (Å²) in [7, 11) is 0. The molecule has 0 unspecified atom stereocenters. The van der Waals surface area contributed by atoms with Crippen LogP contribution in [0.5, 0.6) is 0 Å². The molecule has 1 amide bonds. The molecular formula is C25H18FN5O2S. The summed E-state index contributed by atoms with van der Waals surface area (Å²) in [4.78, 5) is 20.8. The van der Waals surface area contributed by atoms with Gasteiger partial charge < -0.3 is 10.2 Å². The molecular weight excluding hydrogens is 453 g/mol. The summed E-state index contributed by atoms with van der Waals surface area (Å²) >= 11 is 1.87. The maximum absolute atomic E-state index is 13.6. The molecule has 7 nitrogen and oxygen atoms in total. The molecule has 168 valence electrons. The van der Waals surface area contributed by atoms with E-state index in [0.29, 0.717) is 45.4 Å². The number of rotatable bonds is 5. The average molecular weight is 472 g/mol. The third kappa shape index (κ3) is 3.45. The molecule has 0 aliphatic carbocycles. The third-order valence-electron chi connectivity index (χ3n) is 5.89. The second-order valence-corrected chi connectivity index (χ2v) is 9.11. The fourth-order valence-electron chi connectivity index (χ4n) is 4.06. The molecule has 2 aromatic carbocycles. The van der Waals surface area contributed by atoms with Crippen LogP contribution < -0.4 is 5.73 Å². The van der Waals surface area contributed by atoms with Gasteiger partial charge in [-0.15, -0.1) is 0 Å². The van der Waals surface area contributed by atoms with Crippen molar-refractivity contribution in [2.75, 3.05) is 11.5 Å². The first-order valence-electron chi connectivity index (χ1n) is 10.7. The molecule has 9 heteroatoms. The van der Waals surface area contributed by atoms with E-state index in [1.807, 2.05) is 34.8 Å². The highest BCUT2D eigenvalue weighted by atomic mass is 32.2. The minimum Gasteiger partial charge on any atom is -0.438 e. The van der Waals surface area contributed by atoms with Crippen molar-refractivity contribution in [2.24, 2.45) is 5.73 Å². The Balaban J connectivity index is 1.54. The van der Waals surface area contributed by atoms with E-state index in [0.717, 1.165) is 22.6 Å². The van der Waals surface area contributed by atoms with Crippen molar-refractivity contribution in [3.05, 3.63) is 78.5 Å². The molecule has 6 rings (SSSR count). The van der Waals surface area contributed by atoms with Gasteiger partial charge in [0.1, 0.15) is 23.6 Å². The molecule has 0 atom stereocenters. The van der Waals surface area contributed by atoms with Gasteiger partial charge in [0, 0.05) is 34.4 Å². The quantitative estimate of drug-likeness (QED) is 0.389. The summed E-state index contributed by atoms with van der Waals surface area (Å²) in [5.41, 5.74) is 9.83. The van der Waals surface area contributed by atoms with Crippen LogP contribution in [0, 0.1) is 5.82 Å². The Morgan fingerprint density at radius 1 is 1.06 bits per heavy atom. The monoisotopic (exact) mass is 471 g/mol. The lowest BCUT2D eigenvalue weighted by molar-refractivity contribution is 0.100. The number of thioether (sulfide) groups is 1. The molecule has 1 aliphatic heterocycles. The van der Waals surface area contributed by atoms with E-state index >= 15 is 0 Å². The normalized spacial score (nSPS) is 13.8. The van der Waals surface area contributed by atoms with Crippen LogP contribution in [0.25, 0.3) is 44.9 Å². The maximum atomic E-state index is 13.6. The van der Waals surface area contributed by atoms with Crippen LogP contribution in [0.1, 0.15) is 16.4 Å². The predicted molar refractivity (Wildman–Crippen MR) is 129 cm³/mol. The molecule has 0 spiro atoms. The molecule has 1 saturated heterocycles. The number of fused-ring (bicyclic) bond motifs is 1. The highest BCUT2D eigenvalue weighted by Crippen LogP contribution is 2.39. The van der Waals surface area contributed by atoms with Crippen molar-refractivity contribution in [1.29, 1.82) is 0 Å². The van der Waals surface area contributed by atoms with Gasteiger partial charge in [0.05, 0.1) is 22.7 Å². The summed E-state index contributed by atoms with van der Waals surface area (Å²) in [6, 6.07) is 15.4. The van der Waals surface area contributed by atoms with Crippen LogP contribution in [0.2, 0.25) is 0 Å². The lowest BCUT2D eigenvalue weighted by Crippen LogP contribution is -2.23. The molecule has 3 aromatic heterocycles. The van der Waals surface area contributed by atoms with Gasteiger partial charge in [-0.05, 0) is 36.4 Å². The number of furan rings is 1. The number of primary amides is 1. The zero-order valence-electron chi connectivity index (χ0n) is 17.8. The van der Waals surface area contributed by atoms with Crippen molar-refractivity contribution in [2.45, 2.75) is 6.04 Å². The first-order valence-corrected chi connectivity index (χ1v) is 11.8. The van der Waals surface area contributed by atoms with E-state index < -0.39 is 5.91 Å². The number of aromatic nitrogens is 4. The smallest absolute Gasteiger partial charge is 0.249 e. The zero-order chi connectivity index (χ0) is 23.2. The fourth-order valence-corrected chi connectivity index (χ4v) is 4.82. The molecule has 0 saturated carbocycles. The van der Waals surface area contributed by atoms with Gasteiger partial charge in [0.15, 0.2) is 0 Å². The molecule has 1 aliphatic rings. The van der Waals surface area contributed by atoms with Crippen LogP contribution >= 0.6 is 11.8 Å². The molecule has 0 radical (unpaired) electrons. The number of hydrogen-bond donors (Lipinski definition) is 1. The number of nitrogens with two attached hydrogens (primary N) is 1. The van der Waals surface area contributed by atoms with Crippen LogP contribution in [-0.4, -0.2) is 37.2 Å². The van der Waals surface area contributed by atoms with Crippen molar-refractivity contribution in [1.82, 2.24) is 19.7 Å². The predicted octanol–water partition coefficient (Wildman–Crippen LogP) is 4.95. The highest BCUT2D eigenvalue weighted by Gasteiger charge is 2.26. The number of benzene rings is 2. The Bertz CT molecular complexity index is 1540. The summed E-state index contributed by atoms with van der Waals surface area (Å²) in [5, 5.41) is 5.53. The van der Waals surface area contributed by atoms with Crippen LogP contribution in [0.3, 0.4) is 0 Å². The lowest BCUT2D eigenvalue weighted by atomic mass is 10.0. The van der Waals surface area contributed by atoms with E-state index in [9.17, 15) is 9.18 Å². The molecule has 4 heterocycles.